The molecule has 0 radical (unpaired) electrons. The van der Waals surface area contributed by atoms with E-state index >= 15 is 0 Å². The molecule has 1 N–H and O–H groups in total. The van der Waals surface area contributed by atoms with E-state index in [0.29, 0.717) is 18.4 Å². The minimum atomic E-state index is -0.237. The third-order valence-corrected chi connectivity index (χ3v) is 2.60. The number of carbonyl (C=O) groups is 1. The average molecular weight is 223 g/mol. The van der Waals surface area contributed by atoms with Crippen LogP contribution in [0.3, 0.4) is 0 Å². The summed E-state index contributed by atoms with van der Waals surface area (Å²) in [4.78, 5) is 11.5. The molecular formula is C13H18FNO. The Morgan fingerprint density at radius 3 is 2.75 bits per heavy atom. The summed E-state index contributed by atoms with van der Waals surface area (Å²) in [6, 6.07) is 6.75. The Kier molecular flexibility index (Phi) is 4.96. The Bertz CT molecular complexity index is 352. The number of carbonyl (C=O) groups excluding carboxylic acids is 1. The molecule has 0 saturated heterocycles. The van der Waals surface area contributed by atoms with Crippen LogP contribution >= 0.6 is 0 Å². The van der Waals surface area contributed by atoms with Crippen LogP contribution in [0.1, 0.15) is 32.3 Å². The van der Waals surface area contributed by atoms with Gasteiger partial charge in [-0.05, 0) is 31.4 Å². The topological polar surface area (TPSA) is 29.1 Å². The number of benzene rings is 1. The van der Waals surface area contributed by atoms with E-state index in [4.69, 9.17) is 0 Å². The third-order valence-electron chi connectivity index (χ3n) is 2.60. The fourth-order valence-corrected chi connectivity index (χ4v) is 1.40. The molecule has 0 unspecified atom stereocenters. The Hall–Kier alpha value is -1.38. The van der Waals surface area contributed by atoms with Crippen molar-refractivity contribution < 1.29 is 9.18 Å². The number of aryl methyl sites for hydroxylation is 1. The monoisotopic (exact) mass is 223 g/mol. The largest absolute Gasteiger partial charge is 0.354 e. The SMILES string of the molecule is CC[C@@H](C)NC(=O)CCc1ccccc1F. The fraction of sp³-hybridized carbons (Fsp3) is 0.462. The van der Waals surface area contributed by atoms with Gasteiger partial charge in [-0.25, -0.2) is 4.39 Å². The Morgan fingerprint density at radius 2 is 2.12 bits per heavy atom. The molecule has 3 heteroatoms. The Balaban J connectivity index is 2.40. The lowest BCUT2D eigenvalue weighted by Crippen LogP contribution is -2.32. The van der Waals surface area contributed by atoms with Crippen LogP contribution in [0.4, 0.5) is 4.39 Å². The van der Waals surface area contributed by atoms with Gasteiger partial charge in [0.25, 0.3) is 0 Å². The molecule has 0 aliphatic heterocycles. The van der Waals surface area contributed by atoms with E-state index in [1.807, 2.05) is 13.8 Å². The molecule has 1 aromatic rings. The fourth-order valence-electron chi connectivity index (χ4n) is 1.40. The molecule has 1 atom stereocenters. The first-order chi connectivity index (χ1) is 7.63. The molecule has 0 fully saturated rings. The normalized spacial score (nSPS) is 12.2. The minimum absolute atomic E-state index is 0.0161. The molecule has 0 saturated carbocycles. The third kappa shape index (κ3) is 4.01. The molecule has 0 spiro atoms. The van der Waals surface area contributed by atoms with Crippen LogP contribution in [0.15, 0.2) is 24.3 Å². The smallest absolute Gasteiger partial charge is 0.220 e. The second-order valence-electron chi connectivity index (χ2n) is 3.97. The number of rotatable bonds is 5. The molecule has 2 nitrogen and oxygen atoms in total. The van der Waals surface area contributed by atoms with E-state index in [-0.39, 0.29) is 17.8 Å². The van der Waals surface area contributed by atoms with Crippen molar-refractivity contribution in [2.75, 3.05) is 0 Å². The molecule has 16 heavy (non-hydrogen) atoms. The van der Waals surface area contributed by atoms with Gasteiger partial charge < -0.3 is 5.32 Å². The number of halogens is 1. The lowest BCUT2D eigenvalue weighted by Gasteiger charge is -2.11. The van der Waals surface area contributed by atoms with Gasteiger partial charge in [-0.15, -0.1) is 0 Å². The summed E-state index contributed by atoms with van der Waals surface area (Å²) >= 11 is 0. The van der Waals surface area contributed by atoms with Crippen molar-refractivity contribution in [2.24, 2.45) is 0 Å². The predicted molar refractivity (Wildman–Crippen MR) is 62.6 cm³/mol. The highest BCUT2D eigenvalue weighted by Gasteiger charge is 2.07. The molecule has 0 aliphatic rings. The standard InChI is InChI=1S/C13H18FNO/c1-3-10(2)15-13(16)9-8-11-6-4-5-7-12(11)14/h4-7,10H,3,8-9H2,1-2H3,(H,15,16)/t10-/m1/s1. The van der Waals surface area contributed by atoms with Crippen LogP contribution in [-0.4, -0.2) is 11.9 Å². The number of amides is 1. The van der Waals surface area contributed by atoms with Crippen molar-refractivity contribution in [2.45, 2.75) is 39.2 Å². The lowest BCUT2D eigenvalue weighted by atomic mass is 10.1. The quantitative estimate of drug-likeness (QED) is 0.817. The predicted octanol–water partition coefficient (Wildman–Crippen LogP) is 2.67. The average Bonchev–Trinajstić information content (AvgIpc) is 2.28. The van der Waals surface area contributed by atoms with Gasteiger partial charge in [0.2, 0.25) is 5.91 Å². The van der Waals surface area contributed by atoms with Crippen LogP contribution in [0.2, 0.25) is 0 Å². The second kappa shape index (κ2) is 6.26. The maximum absolute atomic E-state index is 13.2. The summed E-state index contributed by atoms with van der Waals surface area (Å²) in [5.74, 6) is -0.253. The van der Waals surface area contributed by atoms with E-state index < -0.39 is 0 Å². The Morgan fingerprint density at radius 1 is 1.44 bits per heavy atom. The zero-order chi connectivity index (χ0) is 12.0. The van der Waals surface area contributed by atoms with Crippen molar-refractivity contribution in [3.8, 4) is 0 Å². The van der Waals surface area contributed by atoms with Crippen LogP contribution in [0.25, 0.3) is 0 Å². The summed E-state index contributed by atoms with van der Waals surface area (Å²) in [5.41, 5.74) is 0.599. The molecular weight excluding hydrogens is 205 g/mol. The summed E-state index contributed by atoms with van der Waals surface area (Å²) in [6.45, 7) is 3.98. The molecule has 1 aromatic carbocycles. The van der Waals surface area contributed by atoms with Gasteiger partial charge in [0.15, 0.2) is 0 Å². The molecule has 88 valence electrons. The first-order valence-electron chi connectivity index (χ1n) is 5.66. The van der Waals surface area contributed by atoms with Crippen molar-refractivity contribution in [3.63, 3.8) is 0 Å². The van der Waals surface area contributed by atoms with E-state index in [2.05, 4.69) is 5.32 Å². The van der Waals surface area contributed by atoms with Gasteiger partial charge in [-0.3, -0.25) is 4.79 Å². The molecule has 0 bridgehead atoms. The van der Waals surface area contributed by atoms with E-state index in [0.717, 1.165) is 6.42 Å². The van der Waals surface area contributed by atoms with Crippen LogP contribution in [0.5, 0.6) is 0 Å². The number of nitrogens with one attached hydrogen (secondary N) is 1. The summed E-state index contributed by atoms with van der Waals surface area (Å²) in [6.07, 6.45) is 1.70. The van der Waals surface area contributed by atoms with E-state index in [1.165, 1.54) is 6.07 Å². The van der Waals surface area contributed by atoms with Crippen LogP contribution in [0, 0.1) is 5.82 Å². The molecule has 0 heterocycles. The second-order valence-corrected chi connectivity index (χ2v) is 3.97. The maximum atomic E-state index is 13.2. The van der Waals surface area contributed by atoms with E-state index in [9.17, 15) is 9.18 Å². The molecule has 0 aromatic heterocycles. The lowest BCUT2D eigenvalue weighted by molar-refractivity contribution is -0.121. The van der Waals surface area contributed by atoms with Gasteiger partial charge >= 0.3 is 0 Å². The zero-order valence-corrected chi connectivity index (χ0v) is 9.79. The van der Waals surface area contributed by atoms with Gasteiger partial charge in [0, 0.05) is 12.5 Å². The summed E-state index contributed by atoms with van der Waals surface area (Å²) < 4.78 is 13.2. The van der Waals surface area contributed by atoms with Gasteiger partial charge in [0.05, 0.1) is 0 Å². The zero-order valence-electron chi connectivity index (χ0n) is 9.79. The van der Waals surface area contributed by atoms with Gasteiger partial charge in [-0.1, -0.05) is 25.1 Å². The molecule has 1 amide bonds. The van der Waals surface area contributed by atoms with Crippen molar-refractivity contribution in [3.05, 3.63) is 35.6 Å². The van der Waals surface area contributed by atoms with Gasteiger partial charge in [-0.2, -0.15) is 0 Å². The highest BCUT2D eigenvalue weighted by molar-refractivity contribution is 5.76. The van der Waals surface area contributed by atoms with Crippen LogP contribution in [-0.2, 0) is 11.2 Å². The molecule has 0 aliphatic carbocycles. The van der Waals surface area contributed by atoms with Gasteiger partial charge in [0.1, 0.15) is 5.82 Å². The summed E-state index contributed by atoms with van der Waals surface area (Å²) in [5, 5.41) is 2.86. The number of hydrogen-bond acceptors (Lipinski definition) is 1. The van der Waals surface area contributed by atoms with Crippen molar-refractivity contribution in [1.29, 1.82) is 0 Å². The highest BCUT2D eigenvalue weighted by Crippen LogP contribution is 2.08. The minimum Gasteiger partial charge on any atom is -0.354 e. The maximum Gasteiger partial charge on any atom is 0.220 e. The first-order valence-corrected chi connectivity index (χ1v) is 5.66. The highest BCUT2D eigenvalue weighted by atomic mass is 19.1. The number of hydrogen-bond donors (Lipinski definition) is 1. The van der Waals surface area contributed by atoms with Crippen LogP contribution < -0.4 is 5.32 Å². The first kappa shape index (κ1) is 12.7. The van der Waals surface area contributed by atoms with Crippen molar-refractivity contribution >= 4 is 5.91 Å². The molecule has 1 rings (SSSR count). The summed E-state index contributed by atoms with van der Waals surface area (Å²) in [7, 11) is 0. The van der Waals surface area contributed by atoms with E-state index in [1.54, 1.807) is 18.2 Å². The Labute approximate surface area is 95.9 Å². The van der Waals surface area contributed by atoms with Crippen molar-refractivity contribution in [1.82, 2.24) is 5.32 Å².